The van der Waals surface area contributed by atoms with Crippen LogP contribution < -0.4 is 4.74 Å². The number of ether oxygens (including phenoxy) is 1. The van der Waals surface area contributed by atoms with Crippen molar-refractivity contribution in [3.05, 3.63) is 65.5 Å². The fraction of sp³-hybridized carbons (Fsp3) is 0.391. The molecular formula is C23H25F3N4O2. The van der Waals surface area contributed by atoms with E-state index in [1.807, 2.05) is 24.3 Å². The Labute approximate surface area is 184 Å². The molecule has 0 aliphatic carbocycles. The van der Waals surface area contributed by atoms with E-state index >= 15 is 0 Å². The monoisotopic (exact) mass is 446 g/mol. The summed E-state index contributed by atoms with van der Waals surface area (Å²) in [5, 5.41) is 4.08. The van der Waals surface area contributed by atoms with Crippen molar-refractivity contribution in [2.75, 3.05) is 33.3 Å². The van der Waals surface area contributed by atoms with Gasteiger partial charge in [0.05, 0.1) is 19.2 Å². The minimum atomic E-state index is -4.30. The van der Waals surface area contributed by atoms with E-state index in [1.165, 1.54) is 0 Å². The van der Waals surface area contributed by atoms with E-state index in [2.05, 4.69) is 19.9 Å². The number of alkyl halides is 3. The highest BCUT2D eigenvalue weighted by atomic mass is 19.4. The molecule has 0 bridgehead atoms. The van der Waals surface area contributed by atoms with Gasteiger partial charge in [-0.3, -0.25) is 9.80 Å². The van der Waals surface area contributed by atoms with Crippen molar-refractivity contribution in [2.24, 2.45) is 0 Å². The fourth-order valence-electron chi connectivity index (χ4n) is 3.77. The summed E-state index contributed by atoms with van der Waals surface area (Å²) in [5.74, 6) is 1.87. The molecule has 0 amide bonds. The summed E-state index contributed by atoms with van der Waals surface area (Å²) < 4.78 is 48.8. The summed E-state index contributed by atoms with van der Waals surface area (Å²) in [4.78, 5) is 9.03. The van der Waals surface area contributed by atoms with Gasteiger partial charge in [-0.05, 0) is 61.5 Å². The standard InChI is InChI=1S/C23H25F3N4O2/c1-31-20-9-5-18(6-10-20)22-27-21(32-28-22)16-30-12-2-11-29(13-14-30)15-17-3-7-19(8-4-17)23(24,25)26/h3-10H,2,11-16H2,1H3. The summed E-state index contributed by atoms with van der Waals surface area (Å²) >= 11 is 0. The third kappa shape index (κ3) is 5.66. The van der Waals surface area contributed by atoms with E-state index in [1.54, 1.807) is 19.2 Å². The lowest BCUT2D eigenvalue weighted by Crippen LogP contribution is -2.30. The topological polar surface area (TPSA) is 54.6 Å². The predicted molar refractivity (Wildman–Crippen MR) is 113 cm³/mol. The number of methoxy groups -OCH3 is 1. The minimum Gasteiger partial charge on any atom is -0.497 e. The van der Waals surface area contributed by atoms with Gasteiger partial charge < -0.3 is 9.26 Å². The highest BCUT2D eigenvalue weighted by molar-refractivity contribution is 5.55. The van der Waals surface area contributed by atoms with E-state index in [0.717, 1.165) is 61.6 Å². The molecule has 0 radical (unpaired) electrons. The molecule has 6 nitrogen and oxygen atoms in total. The van der Waals surface area contributed by atoms with Crippen molar-refractivity contribution in [3.8, 4) is 17.1 Å². The third-order valence-corrected chi connectivity index (χ3v) is 5.54. The van der Waals surface area contributed by atoms with Crippen LogP contribution in [-0.2, 0) is 19.3 Å². The maximum atomic E-state index is 12.7. The SMILES string of the molecule is COc1ccc(-c2noc(CN3CCCN(Cc4ccc(C(F)(F)F)cc4)CC3)n2)cc1. The van der Waals surface area contributed by atoms with Crippen molar-refractivity contribution in [2.45, 2.75) is 25.7 Å². The lowest BCUT2D eigenvalue weighted by molar-refractivity contribution is -0.137. The van der Waals surface area contributed by atoms with Crippen LogP contribution in [0.4, 0.5) is 13.2 Å². The maximum Gasteiger partial charge on any atom is 0.416 e. The number of nitrogens with zero attached hydrogens (tertiary/aromatic N) is 4. The molecule has 4 rings (SSSR count). The van der Waals surface area contributed by atoms with Gasteiger partial charge in [0.2, 0.25) is 11.7 Å². The molecule has 2 aromatic carbocycles. The van der Waals surface area contributed by atoms with Crippen LogP contribution in [0, 0.1) is 0 Å². The van der Waals surface area contributed by atoms with Gasteiger partial charge >= 0.3 is 6.18 Å². The van der Waals surface area contributed by atoms with Crippen LogP contribution >= 0.6 is 0 Å². The second-order valence-electron chi connectivity index (χ2n) is 7.84. The lowest BCUT2D eigenvalue weighted by atomic mass is 10.1. The first-order valence-electron chi connectivity index (χ1n) is 10.5. The third-order valence-electron chi connectivity index (χ3n) is 5.54. The van der Waals surface area contributed by atoms with Crippen molar-refractivity contribution in [3.63, 3.8) is 0 Å². The molecule has 2 heterocycles. The number of benzene rings is 2. The molecule has 1 aliphatic heterocycles. The van der Waals surface area contributed by atoms with E-state index in [-0.39, 0.29) is 0 Å². The highest BCUT2D eigenvalue weighted by Gasteiger charge is 2.30. The Hall–Kier alpha value is -2.91. The van der Waals surface area contributed by atoms with Gasteiger partial charge in [-0.2, -0.15) is 18.2 Å². The predicted octanol–water partition coefficient (Wildman–Crippen LogP) is 4.47. The minimum absolute atomic E-state index is 0.543. The van der Waals surface area contributed by atoms with Crippen LogP contribution in [0.25, 0.3) is 11.4 Å². The first-order chi connectivity index (χ1) is 15.4. The number of hydrogen-bond donors (Lipinski definition) is 0. The van der Waals surface area contributed by atoms with E-state index in [4.69, 9.17) is 9.26 Å². The number of halogens is 3. The van der Waals surface area contributed by atoms with Crippen LogP contribution in [0.15, 0.2) is 53.1 Å². The molecule has 1 aliphatic rings. The summed E-state index contributed by atoms with van der Waals surface area (Å²) in [5.41, 5.74) is 1.13. The molecule has 3 aromatic rings. The smallest absolute Gasteiger partial charge is 0.416 e. The Kier molecular flexibility index (Phi) is 6.76. The van der Waals surface area contributed by atoms with Gasteiger partial charge in [0, 0.05) is 25.2 Å². The molecule has 0 unspecified atom stereocenters. The van der Waals surface area contributed by atoms with Crippen LogP contribution in [0.5, 0.6) is 5.75 Å². The molecule has 1 saturated heterocycles. The van der Waals surface area contributed by atoms with Gasteiger partial charge in [0.25, 0.3) is 0 Å². The Balaban J connectivity index is 1.30. The molecule has 32 heavy (non-hydrogen) atoms. The second kappa shape index (κ2) is 9.70. The summed E-state index contributed by atoms with van der Waals surface area (Å²) in [6.45, 7) is 4.62. The second-order valence-corrected chi connectivity index (χ2v) is 7.84. The molecule has 0 saturated carbocycles. The van der Waals surface area contributed by atoms with Crippen molar-refractivity contribution >= 4 is 0 Å². The zero-order chi connectivity index (χ0) is 22.6. The molecule has 9 heteroatoms. The molecular weight excluding hydrogens is 421 g/mol. The molecule has 1 aromatic heterocycles. The first-order valence-corrected chi connectivity index (χ1v) is 10.5. The van der Waals surface area contributed by atoms with Gasteiger partial charge in [-0.15, -0.1) is 0 Å². The Morgan fingerprint density at radius 1 is 0.906 bits per heavy atom. The zero-order valence-electron chi connectivity index (χ0n) is 17.8. The van der Waals surface area contributed by atoms with Crippen molar-refractivity contribution in [1.82, 2.24) is 19.9 Å². The van der Waals surface area contributed by atoms with E-state index in [0.29, 0.717) is 24.8 Å². The summed E-state index contributed by atoms with van der Waals surface area (Å²) in [7, 11) is 1.62. The average molecular weight is 446 g/mol. The summed E-state index contributed by atoms with van der Waals surface area (Å²) in [6, 6.07) is 12.9. The Morgan fingerprint density at radius 3 is 2.19 bits per heavy atom. The van der Waals surface area contributed by atoms with E-state index < -0.39 is 11.7 Å². The first kappa shape index (κ1) is 22.3. The van der Waals surface area contributed by atoms with E-state index in [9.17, 15) is 13.2 Å². The number of aromatic nitrogens is 2. The highest BCUT2D eigenvalue weighted by Crippen LogP contribution is 2.29. The van der Waals surface area contributed by atoms with Gasteiger partial charge in [0.15, 0.2) is 0 Å². The molecule has 0 spiro atoms. The van der Waals surface area contributed by atoms with Crippen LogP contribution in [0.3, 0.4) is 0 Å². The Bertz CT molecular complexity index is 1000. The molecule has 170 valence electrons. The van der Waals surface area contributed by atoms with Crippen LogP contribution in [0.1, 0.15) is 23.4 Å². The molecule has 0 N–H and O–H groups in total. The summed E-state index contributed by atoms with van der Waals surface area (Å²) in [6.07, 6.45) is -3.34. The largest absolute Gasteiger partial charge is 0.497 e. The zero-order valence-corrected chi connectivity index (χ0v) is 17.8. The Morgan fingerprint density at radius 2 is 1.56 bits per heavy atom. The average Bonchev–Trinajstić information content (AvgIpc) is 3.14. The lowest BCUT2D eigenvalue weighted by Gasteiger charge is -2.21. The number of rotatable bonds is 6. The van der Waals surface area contributed by atoms with Gasteiger partial charge in [-0.1, -0.05) is 17.3 Å². The number of hydrogen-bond acceptors (Lipinski definition) is 6. The van der Waals surface area contributed by atoms with Crippen LogP contribution in [-0.4, -0.2) is 53.2 Å². The van der Waals surface area contributed by atoms with Crippen molar-refractivity contribution < 1.29 is 22.4 Å². The fourth-order valence-corrected chi connectivity index (χ4v) is 3.77. The van der Waals surface area contributed by atoms with Gasteiger partial charge in [-0.25, -0.2) is 0 Å². The van der Waals surface area contributed by atoms with Gasteiger partial charge in [0.1, 0.15) is 5.75 Å². The maximum absolute atomic E-state index is 12.7. The quantitative estimate of drug-likeness (QED) is 0.557. The van der Waals surface area contributed by atoms with Crippen molar-refractivity contribution in [1.29, 1.82) is 0 Å². The molecule has 0 atom stereocenters. The normalized spacial score (nSPS) is 16.1. The van der Waals surface area contributed by atoms with Crippen LogP contribution in [0.2, 0.25) is 0 Å². The molecule has 1 fully saturated rings.